The molecule has 2 rings (SSSR count). The number of rotatable bonds is 4. The molecule has 1 aromatic rings. The molecule has 0 atom stereocenters. The Hall–Kier alpha value is -1.53. The van der Waals surface area contributed by atoms with Gasteiger partial charge in [0.1, 0.15) is 5.69 Å². The molecule has 0 saturated heterocycles. The van der Waals surface area contributed by atoms with Crippen LogP contribution in [0.2, 0.25) is 0 Å². The number of nitrogens with zero attached hydrogens (tertiary/aromatic N) is 1. The van der Waals surface area contributed by atoms with Gasteiger partial charge < -0.3 is 5.32 Å². The van der Waals surface area contributed by atoms with Crippen LogP contribution >= 0.6 is 0 Å². The first kappa shape index (κ1) is 11.9. The summed E-state index contributed by atoms with van der Waals surface area (Å²) in [6, 6.07) is 0.715. The molecule has 0 spiro atoms. The van der Waals surface area contributed by atoms with Crippen LogP contribution in [0, 0.1) is 5.92 Å². The van der Waals surface area contributed by atoms with Crippen LogP contribution in [0.5, 0.6) is 0 Å². The molecule has 0 aromatic carbocycles. The van der Waals surface area contributed by atoms with Gasteiger partial charge in [-0.3, -0.25) is 9.89 Å². The average molecular weight is 247 g/mol. The van der Waals surface area contributed by atoms with Crippen LogP contribution in [0.25, 0.3) is 0 Å². The third-order valence-corrected chi connectivity index (χ3v) is 2.65. The van der Waals surface area contributed by atoms with Crippen molar-refractivity contribution >= 4 is 5.91 Å². The van der Waals surface area contributed by atoms with E-state index in [4.69, 9.17) is 0 Å². The van der Waals surface area contributed by atoms with Gasteiger partial charge in [0.2, 0.25) is 0 Å². The summed E-state index contributed by atoms with van der Waals surface area (Å²) < 4.78 is 36.7. The van der Waals surface area contributed by atoms with Crippen molar-refractivity contribution in [2.24, 2.45) is 5.92 Å². The zero-order chi connectivity index (χ0) is 12.5. The summed E-state index contributed by atoms with van der Waals surface area (Å²) in [5.74, 6) is 0.0950. The zero-order valence-corrected chi connectivity index (χ0v) is 8.97. The van der Waals surface area contributed by atoms with Gasteiger partial charge in [-0.15, -0.1) is 0 Å². The van der Waals surface area contributed by atoms with Gasteiger partial charge in [0.15, 0.2) is 5.69 Å². The second kappa shape index (κ2) is 4.38. The van der Waals surface area contributed by atoms with Crippen LogP contribution in [0.1, 0.15) is 35.4 Å². The highest BCUT2D eigenvalue weighted by Crippen LogP contribution is 2.31. The van der Waals surface area contributed by atoms with Crippen LogP contribution in [-0.4, -0.2) is 22.6 Å². The Balaban J connectivity index is 1.87. The van der Waals surface area contributed by atoms with Crippen LogP contribution < -0.4 is 5.32 Å². The third kappa shape index (κ3) is 3.21. The first-order valence-corrected chi connectivity index (χ1v) is 5.37. The summed E-state index contributed by atoms with van der Waals surface area (Å²) >= 11 is 0. The monoisotopic (exact) mass is 247 g/mol. The Morgan fingerprint density at radius 3 is 2.76 bits per heavy atom. The third-order valence-electron chi connectivity index (χ3n) is 2.65. The lowest BCUT2D eigenvalue weighted by Gasteiger charge is -2.01. The number of hydrogen-bond donors (Lipinski definition) is 2. The Morgan fingerprint density at radius 1 is 1.53 bits per heavy atom. The second-order valence-electron chi connectivity index (χ2n) is 4.15. The van der Waals surface area contributed by atoms with Crippen molar-refractivity contribution in [1.29, 1.82) is 0 Å². The van der Waals surface area contributed by atoms with E-state index in [1.807, 2.05) is 0 Å². The van der Waals surface area contributed by atoms with Gasteiger partial charge in [0.05, 0.1) is 0 Å². The smallest absolute Gasteiger partial charge is 0.351 e. The first-order chi connectivity index (χ1) is 7.97. The number of carbonyl (C=O) groups is 1. The molecule has 1 saturated carbocycles. The Morgan fingerprint density at radius 2 is 2.24 bits per heavy atom. The van der Waals surface area contributed by atoms with E-state index in [-0.39, 0.29) is 5.69 Å². The van der Waals surface area contributed by atoms with E-state index in [1.165, 1.54) is 12.8 Å². The molecule has 0 unspecified atom stereocenters. The van der Waals surface area contributed by atoms with Crippen molar-refractivity contribution < 1.29 is 18.0 Å². The lowest BCUT2D eigenvalue weighted by atomic mass is 10.3. The Bertz CT molecular complexity index is 409. The number of hydrogen-bond acceptors (Lipinski definition) is 2. The fourth-order valence-electron chi connectivity index (χ4n) is 1.47. The summed E-state index contributed by atoms with van der Waals surface area (Å²) in [7, 11) is 0. The summed E-state index contributed by atoms with van der Waals surface area (Å²) in [5.41, 5.74) is -1.24. The van der Waals surface area contributed by atoms with Gasteiger partial charge in [-0.05, 0) is 12.3 Å². The number of aromatic amines is 1. The van der Waals surface area contributed by atoms with Gasteiger partial charge in [0, 0.05) is 12.6 Å². The molecule has 0 aliphatic heterocycles. The number of aromatic nitrogens is 2. The molecule has 1 amide bonds. The minimum atomic E-state index is -4.50. The molecule has 1 fully saturated rings. The van der Waals surface area contributed by atoms with Gasteiger partial charge in [0.25, 0.3) is 5.91 Å². The first-order valence-electron chi connectivity index (χ1n) is 5.37. The van der Waals surface area contributed by atoms with Crippen molar-refractivity contribution in [3.8, 4) is 0 Å². The number of alkyl halides is 3. The standard InChI is InChI=1S/C10H12F3N3O/c11-10(12,13)8-5-7(15-16-8)9(17)14-4-3-6-1-2-6/h5-6H,1-4H2,(H,14,17)(H,15,16). The van der Waals surface area contributed by atoms with Crippen molar-refractivity contribution in [3.05, 3.63) is 17.5 Å². The predicted molar refractivity (Wildman–Crippen MR) is 53.3 cm³/mol. The maximum Gasteiger partial charge on any atom is 0.432 e. The fourth-order valence-corrected chi connectivity index (χ4v) is 1.47. The Kier molecular flexibility index (Phi) is 3.08. The van der Waals surface area contributed by atoms with Crippen LogP contribution in [0.3, 0.4) is 0 Å². The van der Waals surface area contributed by atoms with Crippen molar-refractivity contribution in [1.82, 2.24) is 15.5 Å². The SMILES string of the molecule is O=C(NCCC1CC1)c1cc(C(F)(F)F)[nH]n1. The number of nitrogens with one attached hydrogen (secondary N) is 2. The number of carbonyl (C=O) groups excluding carboxylic acids is 1. The highest BCUT2D eigenvalue weighted by Gasteiger charge is 2.33. The zero-order valence-electron chi connectivity index (χ0n) is 8.97. The van der Waals surface area contributed by atoms with Gasteiger partial charge in [-0.1, -0.05) is 12.8 Å². The van der Waals surface area contributed by atoms with Crippen molar-refractivity contribution in [2.45, 2.75) is 25.4 Å². The summed E-state index contributed by atoms with van der Waals surface area (Å²) in [5, 5.41) is 7.69. The predicted octanol–water partition coefficient (Wildman–Crippen LogP) is 1.96. The van der Waals surface area contributed by atoms with E-state index in [1.54, 1.807) is 5.10 Å². The van der Waals surface area contributed by atoms with E-state index in [9.17, 15) is 18.0 Å². The summed E-state index contributed by atoms with van der Waals surface area (Å²) in [6.45, 7) is 0.484. The molecule has 4 nitrogen and oxygen atoms in total. The Labute approximate surface area is 95.6 Å². The van der Waals surface area contributed by atoms with E-state index in [0.29, 0.717) is 18.5 Å². The van der Waals surface area contributed by atoms with E-state index < -0.39 is 17.8 Å². The summed E-state index contributed by atoms with van der Waals surface area (Å²) in [6.07, 6.45) is -1.27. The molecule has 1 aliphatic rings. The molecule has 94 valence electrons. The number of halogens is 3. The molecule has 1 aromatic heterocycles. The number of H-pyrrole nitrogens is 1. The van der Waals surface area contributed by atoms with Gasteiger partial charge >= 0.3 is 6.18 Å². The van der Waals surface area contributed by atoms with Gasteiger partial charge in [-0.25, -0.2) is 0 Å². The lowest BCUT2D eigenvalue weighted by molar-refractivity contribution is -0.141. The molecule has 0 bridgehead atoms. The minimum absolute atomic E-state index is 0.229. The molecule has 7 heteroatoms. The molecule has 1 aliphatic carbocycles. The van der Waals surface area contributed by atoms with Crippen LogP contribution in [-0.2, 0) is 6.18 Å². The van der Waals surface area contributed by atoms with Crippen LogP contribution in [0.15, 0.2) is 6.07 Å². The quantitative estimate of drug-likeness (QED) is 0.854. The fraction of sp³-hybridized carbons (Fsp3) is 0.600. The molecule has 2 N–H and O–H groups in total. The average Bonchev–Trinajstić information content (AvgIpc) is 2.91. The largest absolute Gasteiger partial charge is 0.432 e. The lowest BCUT2D eigenvalue weighted by Crippen LogP contribution is -2.25. The molecule has 0 radical (unpaired) electrons. The number of amides is 1. The maximum absolute atomic E-state index is 12.2. The van der Waals surface area contributed by atoms with Crippen molar-refractivity contribution in [2.75, 3.05) is 6.54 Å². The topological polar surface area (TPSA) is 57.8 Å². The van der Waals surface area contributed by atoms with Gasteiger partial charge in [-0.2, -0.15) is 18.3 Å². The normalized spacial score (nSPS) is 15.9. The molecule has 17 heavy (non-hydrogen) atoms. The van der Waals surface area contributed by atoms with E-state index >= 15 is 0 Å². The van der Waals surface area contributed by atoms with E-state index in [0.717, 1.165) is 6.42 Å². The maximum atomic E-state index is 12.2. The summed E-state index contributed by atoms with van der Waals surface area (Å²) in [4.78, 5) is 11.4. The highest BCUT2D eigenvalue weighted by molar-refractivity contribution is 5.92. The minimum Gasteiger partial charge on any atom is -0.351 e. The van der Waals surface area contributed by atoms with Crippen LogP contribution in [0.4, 0.5) is 13.2 Å². The van der Waals surface area contributed by atoms with Crippen molar-refractivity contribution in [3.63, 3.8) is 0 Å². The van der Waals surface area contributed by atoms with E-state index in [2.05, 4.69) is 10.4 Å². The highest BCUT2D eigenvalue weighted by atomic mass is 19.4. The molecule has 1 heterocycles. The second-order valence-corrected chi connectivity index (χ2v) is 4.15. The molecular formula is C10H12F3N3O. The molecular weight excluding hydrogens is 235 g/mol.